The van der Waals surface area contributed by atoms with Crippen LogP contribution in [-0.4, -0.2) is 51.0 Å². The van der Waals surface area contributed by atoms with Gasteiger partial charge in [-0.25, -0.2) is 18.4 Å². The van der Waals surface area contributed by atoms with Gasteiger partial charge in [0.15, 0.2) is 0 Å². The first-order chi connectivity index (χ1) is 16.5. The quantitative estimate of drug-likeness (QED) is 0.570. The molecule has 2 aromatic heterocycles. The second kappa shape index (κ2) is 9.50. The molecule has 4 rings (SSSR count). The number of nitrogens with zero attached hydrogens (tertiary/aromatic N) is 5. The molecule has 1 fully saturated rings. The molecule has 1 amide bonds. The van der Waals surface area contributed by atoms with Gasteiger partial charge in [0.05, 0.1) is 10.6 Å². The number of rotatable bonds is 5. The molecule has 1 aliphatic rings. The Hall–Kier alpha value is -3.11. The van der Waals surface area contributed by atoms with E-state index in [2.05, 4.69) is 20.4 Å². The summed E-state index contributed by atoms with van der Waals surface area (Å²) in [6.45, 7) is 10.3. The molecule has 186 valence electrons. The number of sulfonamides is 1. The first kappa shape index (κ1) is 25.0. The zero-order valence-electron chi connectivity index (χ0n) is 20.8. The van der Waals surface area contributed by atoms with E-state index in [9.17, 15) is 13.2 Å². The molecular formula is C25H32N6O3S. The average Bonchev–Trinajstić information content (AvgIpc) is 3.24. The van der Waals surface area contributed by atoms with E-state index in [-0.39, 0.29) is 21.9 Å². The normalized spacial score (nSPS) is 17.3. The van der Waals surface area contributed by atoms with Gasteiger partial charge in [-0.2, -0.15) is 14.1 Å². The van der Waals surface area contributed by atoms with Crippen molar-refractivity contribution in [1.82, 2.24) is 24.1 Å². The molecule has 3 aromatic rings. The summed E-state index contributed by atoms with van der Waals surface area (Å²) in [5, 5.41) is 7.52. The van der Waals surface area contributed by atoms with Gasteiger partial charge < -0.3 is 5.32 Å². The fourth-order valence-corrected chi connectivity index (χ4v) is 5.87. The molecule has 1 unspecified atom stereocenters. The summed E-state index contributed by atoms with van der Waals surface area (Å²) in [5.74, 6) is 0.303. The zero-order chi connectivity index (χ0) is 25.4. The topological polar surface area (TPSA) is 110 Å². The van der Waals surface area contributed by atoms with Crippen LogP contribution >= 0.6 is 0 Å². The number of aromatic nitrogens is 4. The number of piperidine rings is 1. The Morgan fingerprint density at radius 3 is 2.49 bits per heavy atom. The van der Waals surface area contributed by atoms with Crippen LogP contribution in [-0.2, 0) is 15.4 Å². The third-order valence-electron chi connectivity index (χ3n) is 6.26. The summed E-state index contributed by atoms with van der Waals surface area (Å²) in [6.07, 6.45) is 5.90. The van der Waals surface area contributed by atoms with Gasteiger partial charge in [0.25, 0.3) is 11.9 Å². The van der Waals surface area contributed by atoms with E-state index in [4.69, 9.17) is 0 Å². The SMILES string of the molecule is Cc1ccc(S(=O)(=O)N2CCCCC2C)cc1C(=O)Nc1cc(C(C)(C)C)nn1-c1ncccn1. The maximum atomic E-state index is 13.4. The van der Waals surface area contributed by atoms with Crippen molar-refractivity contribution in [2.24, 2.45) is 0 Å². The lowest BCUT2D eigenvalue weighted by Gasteiger charge is -2.32. The van der Waals surface area contributed by atoms with Gasteiger partial charge in [0.2, 0.25) is 10.0 Å². The van der Waals surface area contributed by atoms with E-state index in [0.29, 0.717) is 23.9 Å². The first-order valence-electron chi connectivity index (χ1n) is 11.8. The van der Waals surface area contributed by atoms with Crippen molar-refractivity contribution in [3.05, 3.63) is 59.5 Å². The smallest absolute Gasteiger partial charge is 0.257 e. The molecular weight excluding hydrogens is 464 g/mol. The van der Waals surface area contributed by atoms with Crippen LogP contribution in [0.25, 0.3) is 5.95 Å². The predicted octanol–water partition coefficient (Wildman–Crippen LogP) is 4.08. The molecule has 3 heterocycles. The highest BCUT2D eigenvalue weighted by Gasteiger charge is 2.32. The number of aryl methyl sites for hydroxylation is 1. The van der Waals surface area contributed by atoms with Crippen molar-refractivity contribution in [2.75, 3.05) is 11.9 Å². The van der Waals surface area contributed by atoms with Gasteiger partial charge in [0.1, 0.15) is 5.82 Å². The maximum absolute atomic E-state index is 13.4. The molecule has 1 atom stereocenters. The van der Waals surface area contributed by atoms with Gasteiger partial charge in [-0.1, -0.05) is 33.3 Å². The monoisotopic (exact) mass is 496 g/mol. The zero-order valence-corrected chi connectivity index (χ0v) is 21.6. The highest BCUT2D eigenvalue weighted by Crippen LogP contribution is 2.28. The Balaban J connectivity index is 1.69. The summed E-state index contributed by atoms with van der Waals surface area (Å²) < 4.78 is 29.7. The average molecular weight is 497 g/mol. The van der Waals surface area contributed by atoms with Gasteiger partial charge in [0, 0.05) is 42.0 Å². The molecule has 10 heteroatoms. The standard InChI is InChI=1S/C25H32N6O3S/c1-17-10-11-19(35(33,34)30-14-7-6-9-18(30)2)15-20(17)23(32)28-22-16-21(25(3,4)5)29-31(22)24-26-12-8-13-27-24/h8,10-13,15-16,18H,6-7,9,14H2,1-5H3,(H,28,32). The lowest BCUT2D eigenvalue weighted by Crippen LogP contribution is -2.42. The number of hydrogen-bond donors (Lipinski definition) is 1. The number of anilines is 1. The number of nitrogens with one attached hydrogen (secondary N) is 1. The van der Waals surface area contributed by atoms with Gasteiger partial charge in [-0.3, -0.25) is 4.79 Å². The Labute approximate surface area is 206 Å². The highest BCUT2D eigenvalue weighted by atomic mass is 32.2. The summed E-state index contributed by atoms with van der Waals surface area (Å²) in [6, 6.07) is 8.14. The fourth-order valence-electron chi connectivity index (χ4n) is 4.14. The van der Waals surface area contributed by atoms with Crippen molar-refractivity contribution in [2.45, 2.75) is 70.2 Å². The molecule has 0 radical (unpaired) electrons. The van der Waals surface area contributed by atoms with Crippen molar-refractivity contribution in [3.8, 4) is 5.95 Å². The van der Waals surface area contributed by atoms with E-state index >= 15 is 0 Å². The second-order valence-electron chi connectivity index (χ2n) is 10.0. The minimum Gasteiger partial charge on any atom is -0.306 e. The van der Waals surface area contributed by atoms with E-state index in [1.54, 1.807) is 47.9 Å². The Kier molecular flexibility index (Phi) is 6.79. The molecule has 0 aliphatic carbocycles. The van der Waals surface area contributed by atoms with Gasteiger partial charge in [-0.15, -0.1) is 0 Å². The number of carbonyl (C=O) groups is 1. The molecule has 1 aliphatic heterocycles. The summed E-state index contributed by atoms with van der Waals surface area (Å²) in [4.78, 5) is 22.0. The van der Waals surface area contributed by atoms with Gasteiger partial charge >= 0.3 is 0 Å². The Morgan fingerprint density at radius 1 is 1.11 bits per heavy atom. The van der Waals surface area contributed by atoms with Crippen LogP contribution in [0.1, 0.15) is 68.6 Å². The third-order valence-corrected chi connectivity index (χ3v) is 8.27. The number of hydrogen-bond acceptors (Lipinski definition) is 6. The van der Waals surface area contributed by atoms with Crippen LogP contribution in [0.4, 0.5) is 5.82 Å². The Bertz CT molecular complexity index is 1330. The number of amides is 1. The minimum absolute atomic E-state index is 0.0663. The van der Waals surface area contributed by atoms with Crippen molar-refractivity contribution >= 4 is 21.7 Å². The fraction of sp³-hybridized carbons (Fsp3) is 0.440. The van der Waals surface area contributed by atoms with Crippen molar-refractivity contribution < 1.29 is 13.2 Å². The van der Waals surface area contributed by atoms with Crippen LogP contribution < -0.4 is 5.32 Å². The van der Waals surface area contributed by atoms with Crippen LogP contribution in [0.2, 0.25) is 0 Å². The molecule has 1 saturated heterocycles. The lowest BCUT2D eigenvalue weighted by molar-refractivity contribution is 0.102. The molecule has 1 aromatic carbocycles. The summed E-state index contributed by atoms with van der Waals surface area (Å²) in [7, 11) is -3.71. The van der Waals surface area contributed by atoms with Crippen LogP contribution in [0.3, 0.4) is 0 Å². The third kappa shape index (κ3) is 5.13. The van der Waals surface area contributed by atoms with E-state index in [1.165, 1.54) is 10.7 Å². The lowest BCUT2D eigenvalue weighted by atomic mass is 9.92. The second-order valence-corrected chi connectivity index (χ2v) is 11.9. The Morgan fingerprint density at radius 2 is 1.83 bits per heavy atom. The number of benzene rings is 1. The van der Waals surface area contributed by atoms with Crippen molar-refractivity contribution in [3.63, 3.8) is 0 Å². The van der Waals surface area contributed by atoms with E-state index in [0.717, 1.165) is 25.0 Å². The highest BCUT2D eigenvalue weighted by molar-refractivity contribution is 7.89. The van der Waals surface area contributed by atoms with Crippen LogP contribution in [0.15, 0.2) is 47.6 Å². The molecule has 35 heavy (non-hydrogen) atoms. The summed E-state index contributed by atoms with van der Waals surface area (Å²) >= 11 is 0. The molecule has 0 bridgehead atoms. The summed E-state index contributed by atoms with van der Waals surface area (Å²) in [5.41, 5.74) is 1.45. The molecule has 0 spiro atoms. The molecule has 1 N–H and O–H groups in total. The van der Waals surface area contributed by atoms with Crippen LogP contribution in [0.5, 0.6) is 0 Å². The number of carbonyl (C=O) groups excluding carboxylic acids is 1. The minimum atomic E-state index is -3.71. The first-order valence-corrected chi connectivity index (χ1v) is 13.2. The van der Waals surface area contributed by atoms with E-state index < -0.39 is 15.9 Å². The van der Waals surface area contributed by atoms with Gasteiger partial charge in [-0.05, 0) is 50.5 Å². The van der Waals surface area contributed by atoms with Crippen LogP contribution in [0, 0.1) is 6.92 Å². The largest absolute Gasteiger partial charge is 0.306 e. The van der Waals surface area contributed by atoms with E-state index in [1.807, 2.05) is 27.7 Å². The molecule has 9 nitrogen and oxygen atoms in total. The maximum Gasteiger partial charge on any atom is 0.257 e. The molecule has 0 saturated carbocycles. The predicted molar refractivity (Wildman–Crippen MR) is 134 cm³/mol. The van der Waals surface area contributed by atoms with Crippen molar-refractivity contribution in [1.29, 1.82) is 0 Å².